The van der Waals surface area contributed by atoms with Crippen molar-refractivity contribution in [3.05, 3.63) is 17.5 Å². The third-order valence-corrected chi connectivity index (χ3v) is 2.56. The lowest BCUT2D eigenvalue weighted by Gasteiger charge is -2.07. The molecule has 0 saturated heterocycles. The summed E-state index contributed by atoms with van der Waals surface area (Å²) in [6.07, 6.45) is 2.03. The summed E-state index contributed by atoms with van der Waals surface area (Å²) >= 11 is 0. The van der Waals surface area contributed by atoms with Crippen molar-refractivity contribution in [3.63, 3.8) is 0 Å². The van der Waals surface area contributed by atoms with Crippen LogP contribution in [0.2, 0.25) is 0 Å². The van der Waals surface area contributed by atoms with Crippen LogP contribution in [0.25, 0.3) is 0 Å². The number of aryl methyl sites for hydroxylation is 2. The van der Waals surface area contributed by atoms with Crippen LogP contribution < -0.4 is 5.32 Å². The molecule has 0 spiro atoms. The van der Waals surface area contributed by atoms with E-state index in [9.17, 15) is 4.79 Å². The van der Waals surface area contributed by atoms with Gasteiger partial charge in [0.1, 0.15) is 5.69 Å². The molecule has 0 aliphatic heterocycles. The number of aromatic nitrogens is 2. The summed E-state index contributed by atoms with van der Waals surface area (Å²) < 4.78 is 1.66. The maximum absolute atomic E-state index is 11.9. The maximum Gasteiger partial charge on any atom is 0.269 e. The number of nitrogens with one attached hydrogen (secondary N) is 1. The van der Waals surface area contributed by atoms with Crippen molar-refractivity contribution in [2.45, 2.75) is 46.6 Å². The van der Waals surface area contributed by atoms with E-state index >= 15 is 0 Å². The topological polar surface area (TPSA) is 46.9 Å². The minimum atomic E-state index is -0.0502. The van der Waals surface area contributed by atoms with E-state index in [-0.39, 0.29) is 11.9 Å². The van der Waals surface area contributed by atoms with Gasteiger partial charge in [0.15, 0.2) is 0 Å². The normalized spacial score (nSPS) is 11.2. The first-order chi connectivity index (χ1) is 7.90. The van der Waals surface area contributed by atoms with E-state index < -0.39 is 0 Å². The summed E-state index contributed by atoms with van der Waals surface area (Å²) in [5.41, 5.74) is 1.63. The minimum absolute atomic E-state index is 0.0502. The molecule has 1 aromatic rings. The van der Waals surface area contributed by atoms with Crippen LogP contribution in [0.5, 0.6) is 0 Å². The van der Waals surface area contributed by atoms with Crippen LogP contribution in [0.4, 0.5) is 0 Å². The monoisotopic (exact) mass is 237 g/mol. The molecular formula is C13H23N3O. The van der Waals surface area contributed by atoms with Gasteiger partial charge in [-0.1, -0.05) is 13.8 Å². The second kappa shape index (κ2) is 5.84. The number of rotatable bonds is 5. The first-order valence-corrected chi connectivity index (χ1v) is 6.24. The van der Waals surface area contributed by atoms with Crippen molar-refractivity contribution < 1.29 is 4.79 Å². The summed E-state index contributed by atoms with van der Waals surface area (Å²) in [6.45, 7) is 8.28. The standard InChI is InChI=1S/C13H23N3O/c1-9(2)6-7-11-8-12(16(5)15-11)13(17)14-10(3)4/h8-10H,6-7H2,1-5H3,(H,14,17). The van der Waals surface area contributed by atoms with Gasteiger partial charge in [0.2, 0.25) is 0 Å². The number of hydrogen-bond acceptors (Lipinski definition) is 2. The maximum atomic E-state index is 11.9. The molecule has 0 bridgehead atoms. The van der Waals surface area contributed by atoms with Gasteiger partial charge in [-0.25, -0.2) is 0 Å². The molecule has 0 saturated carbocycles. The van der Waals surface area contributed by atoms with Gasteiger partial charge in [0.05, 0.1) is 5.69 Å². The van der Waals surface area contributed by atoms with Gasteiger partial charge in [-0.15, -0.1) is 0 Å². The molecule has 1 N–H and O–H groups in total. The van der Waals surface area contributed by atoms with E-state index in [2.05, 4.69) is 24.3 Å². The molecule has 0 atom stereocenters. The molecule has 4 heteroatoms. The van der Waals surface area contributed by atoms with E-state index in [0.29, 0.717) is 11.6 Å². The van der Waals surface area contributed by atoms with Gasteiger partial charge in [-0.05, 0) is 38.7 Å². The van der Waals surface area contributed by atoms with Crippen LogP contribution in [-0.2, 0) is 13.5 Å². The third-order valence-electron chi connectivity index (χ3n) is 2.56. The molecule has 0 fully saturated rings. The van der Waals surface area contributed by atoms with Crippen LogP contribution >= 0.6 is 0 Å². The minimum Gasteiger partial charge on any atom is -0.349 e. The molecule has 0 aliphatic rings. The van der Waals surface area contributed by atoms with Crippen molar-refractivity contribution in [2.24, 2.45) is 13.0 Å². The Morgan fingerprint density at radius 1 is 1.41 bits per heavy atom. The average Bonchev–Trinajstić information content (AvgIpc) is 2.55. The highest BCUT2D eigenvalue weighted by Gasteiger charge is 2.13. The zero-order valence-corrected chi connectivity index (χ0v) is 11.4. The molecule has 17 heavy (non-hydrogen) atoms. The van der Waals surface area contributed by atoms with Gasteiger partial charge in [0, 0.05) is 13.1 Å². The van der Waals surface area contributed by atoms with Gasteiger partial charge in [-0.2, -0.15) is 5.10 Å². The molecule has 0 unspecified atom stereocenters. The lowest BCUT2D eigenvalue weighted by Crippen LogP contribution is -2.31. The highest BCUT2D eigenvalue weighted by atomic mass is 16.2. The van der Waals surface area contributed by atoms with Gasteiger partial charge in [-0.3, -0.25) is 9.48 Å². The van der Waals surface area contributed by atoms with Crippen LogP contribution in [0.1, 0.15) is 50.3 Å². The lowest BCUT2D eigenvalue weighted by atomic mass is 10.1. The fraction of sp³-hybridized carbons (Fsp3) is 0.692. The molecule has 1 heterocycles. The Morgan fingerprint density at radius 2 is 2.06 bits per heavy atom. The Hall–Kier alpha value is -1.32. The summed E-state index contributed by atoms with van der Waals surface area (Å²) in [5.74, 6) is 0.607. The van der Waals surface area contributed by atoms with E-state index in [0.717, 1.165) is 18.5 Å². The molecule has 96 valence electrons. The fourth-order valence-electron chi connectivity index (χ4n) is 1.63. The van der Waals surface area contributed by atoms with Crippen LogP contribution in [0, 0.1) is 5.92 Å². The van der Waals surface area contributed by atoms with Gasteiger partial charge < -0.3 is 5.32 Å². The van der Waals surface area contributed by atoms with E-state index in [1.54, 1.807) is 4.68 Å². The van der Waals surface area contributed by atoms with Gasteiger partial charge >= 0.3 is 0 Å². The van der Waals surface area contributed by atoms with Crippen molar-refractivity contribution in [1.29, 1.82) is 0 Å². The summed E-state index contributed by atoms with van der Waals surface area (Å²) in [6, 6.07) is 2.04. The second-order valence-corrected chi connectivity index (χ2v) is 5.21. The van der Waals surface area contributed by atoms with E-state index in [1.807, 2.05) is 27.0 Å². The molecule has 0 aromatic carbocycles. The van der Waals surface area contributed by atoms with Crippen LogP contribution in [0.15, 0.2) is 6.07 Å². The Balaban J connectivity index is 2.71. The zero-order chi connectivity index (χ0) is 13.0. The number of amides is 1. The van der Waals surface area contributed by atoms with Gasteiger partial charge in [0.25, 0.3) is 5.91 Å². The third kappa shape index (κ3) is 4.21. The molecule has 1 amide bonds. The highest BCUT2D eigenvalue weighted by Crippen LogP contribution is 2.09. The SMILES string of the molecule is CC(C)CCc1cc(C(=O)NC(C)C)n(C)n1. The summed E-state index contributed by atoms with van der Waals surface area (Å²) in [4.78, 5) is 11.9. The van der Waals surface area contributed by atoms with Crippen molar-refractivity contribution in [3.8, 4) is 0 Å². The quantitative estimate of drug-likeness (QED) is 0.853. The molecule has 4 nitrogen and oxygen atoms in total. The lowest BCUT2D eigenvalue weighted by molar-refractivity contribution is 0.0933. The first kappa shape index (κ1) is 13.7. The predicted octanol–water partition coefficient (Wildman–Crippen LogP) is 2.15. The summed E-state index contributed by atoms with van der Waals surface area (Å²) in [5, 5.41) is 7.25. The van der Waals surface area contributed by atoms with E-state index in [1.165, 1.54) is 0 Å². The van der Waals surface area contributed by atoms with E-state index in [4.69, 9.17) is 0 Å². The Labute approximate surface area is 103 Å². The Morgan fingerprint density at radius 3 is 2.59 bits per heavy atom. The Kier molecular flexibility index (Phi) is 4.73. The molecule has 0 radical (unpaired) electrons. The second-order valence-electron chi connectivity index (χ2n) is 5.21. The fourth-order valence-corrected chi connectivity index (χ4v) is 1.63. The first-order valence-electron chi connectivity index (χ1n) is 6.24. The van der Waals surface area contributed by atoms with Crippen molar-refractivity contribution in [2.75, 3.05) is 0 Å². The highest BCUT2D eigenvalue weighted by molar-refractivity contribution is 5.92. The van der Waals surface area contributed by atoms with Crippen LogP contribution in [0.3, 0.4) is 0 Å². The number of nitrogens with zero attached hydrogens (tertiary/aromatic N) is 2. The number of carbonyl (C=O) groups is 1. The molecule has 1 aromatic heterocycles. The van der Waals surface area contributed by atoms with Crippen molar-refractivity contribution >= 4 is 5.91 Å². The smallest absolute Gasteiger partial charge is 0.269 e. The van der Waals surface area contributed by atoms with Crippen LogP contribution in [-0.4, -0.2) is 21.7 Å². The largest absolute Gasteiger partial charge is 0.349 e. The Bertz CT molecular complexity index is 380. The average molecular weight is 237 g/mol. The zero-order valence-electron chi connectivity index (χ0n) is 11.4. The molecular weight excluding hydrogens is 214 g/mol. The predicted molar refractivity (Wildman–Crippen MR) is 69.0 cm³/mol. The molecule has 1 rings (SSSR count). The number of hydrogen-bond donors (Lipinski definition) is 1. The number of carbonyl (C=O) groups excluding carboxylic acids is 1. The summed E-state index contributed by atoms with van der Waals surface area (Å²) in [7, 11) is 1.81. The van der Waals surface area contributed by atoms with Crippen molar-refractivity contribution in [1.82, 2.24) is 15.1 Å². The molecule has 0 aliphatic carbocycles.